The molecule has 1 rings (SSSR count). The van der Waals surface area contributed by atoms with E-state index in [1.807, 2.05) is 37.3 Å². The topological polar surface area (TPSA) is 62.1 Å². The molecular formula is C15H17BrN2O2. The highest BCUT2D eigenvalue weighted by Crippen LogP contribution is 2.13. The maximum Gasteiger partial charge on any atom is 0.261 e. The summed E-state index contributed by atoms with van der Waals surface area (Å²) >= 11 is 3.34. The minimum absolute atomic E-state index is 0.101. The molecule has 0 aliphatic carbocycles. The zero-order valence-electron chi connectivity index (χ0n) is 11.4. The number of nitrogens with zero attached hydrogens (tertiary/aromatic N) is 1. The van der Waals surface area contributed by atoms with Crippen LogP contribution < -0.4 is 5.32 Å². The number of ether oxygens (including phenoxy) is 1. The van der Waals surface area contributed by atoms with Gasteiger partial charge >= 0.3 is 0 Å². The summed E-state index contributed by atoms with van der Waals surface area (Å²) in [6.07, 6.45) is 2.31. The molecule has 0 aliphatic heterocycles. The Morgan fingerprint density at radius 2 is 2.15 bits per heavy atom. The Balaban J connectivity index is 2.55. The summed E-state index contributed by atoms with van der Waals surface area (Å²) in [5.74, 6) is -0.355. The van der Waals surface area contributed by atoms with E-state index in [1.54, 1.807) is 6.08 Å². The van der Waals surface area contributed by atoms with Crippen LogP contribution >= 0.6 is 15.9 Å². The molecule has 0 bridgehead atoms. The Bertz CT molecular complexity index is 504. The van der Waals surface area contributed by atoms with Crippen molar-refractivity contribution in [2.24, 2.45) is 0 Å². The van der Waals surface area contributed by atoms with Crippen LogP contribution in [0, 0.1) is 11.3 Å². The highest BCUT2D eigenvalue weighted by Gasteiger charge is 2.07. The first-order valence-electron chi connectivity index (χ1n) is 6.40. The van der Waals surface area contributed by atoms with Crippen LogP contribution in [0.25, 0.3) is 6.08 Å². The summed E-state index contributed by atoms with van der Waals surface area (Å²) < 4.78 is 6.13. The van der Waals surface area contributed by atoms with E-state index in [4.69, 9.17) is 10.00 Å². The second-order valence-electron chi connectivity index (χ2n) is 4.03. The molecule has 0 heterocycles. The van der Waals surface area contributed by atoms with Crippen LogP contribution in [0.4, 0.5) is 0 Å². The molecule has 0 fully saturated rings. The molecule has 0 radical (unpaired) electrons. The van der Waals surface area contributed by atoms with Crippen molar-refractivity contribution in [1.29, 1.82) is 5.26 Å². The molecule has 0 aromatic heterocycles. The van der Waals surface area contributed by atoms with Gasteiger partial charge in [-0.2, -0.15) is 5.26 Å². The predicted octanol–water partition coefficient (Wildman–Crippen LogP) is 2.90. The summed E-state index contributed by atoms with van der Waals surface area (Å²) in [7, 11) is 0. The number of carbonyl (C=O) groups excluding carboxylic acids is 1. The molecule has 1 aromatic rings. The first kappa shape index (κ1) is 16.4. The molecule has 20 heavy (non-hydrogen) atoms. The monoisotopic (exact) mass is 336 g/mol. The Hall–Kier alpha value is -1.64. The van der Waals surface area contributed by atoms with Crippen molar-refractivity contribution < 1.29 is 9.53 Å². The van der Waals surface area contributed by atoms with Crippen molar-refractivity contribution in [1.82, 2.24) is 5.32 Å². The normalized spacial score (nSPS) is 10.9. The van der Waals surface area contributed by atoms with Gasteiger partial charge in [0.2, 0.25) is 0 Å². The van der Waals surface area contributed by atoms with Gasteiger partial charge in [-0.15, -0.1) is 0 Å². The average Bonchev–Trinajstić information content (AvgIpc) is 2.46. The molecule has 0 aliphatic rings. The smallest absolute Gasteiger partial charge is 0.261 e. The van der Waals surface area contributed by atoms with Crippen molar-refractivity contribution >= 4 is 27.9 Å². The molecule has 1 N–H and O–H groups in total. The number of halogens is 1. The van der Waals surface area contributed by atoms with Gasteiger partial charge in [-0.05, 0) is 37.1 Å². The summed E-state index contributed by atoms with van der Waals surface area (Å²) in [6.45, 7) is 3.70. The van der Waals surface area contributed by atoms with Crippen LogP contribution in [0.5, 0.6) is 0 Å². The summed E-state index contributed by atoms with van der Waals surface area (Å²) in [4.78, 5) is 11.8. The van der Waals surface area contributed by atoms with Crippen LogP contribution in [-0.4, -0.2) is 25.7 Å². The lowest BCUT2D eigenvalue weighted by atomic mass is 10.1. The number of benzene rings is 1. The standard InChI is InChI=1S/C15H17BrN2O2/c1-2-20-9-3-8-18-15(19)13(11-17)10-12-4-6-14(16)7-5-12/h4-7,10H,2-3,8-9H2,1H3,(H,18,19)/b13-10+. The van der Waals surface area contributed by atoms with Crippen LogP contribution in [0.2, 0.25) is 0 Å². The predicted molar refractivity (Wildman–Crippen MR) is 81.9 cm³/mol. The maximum atomic E-state index is 11.8. The minimum atomic E-state index is -0.355. The van der Waals surface area contributed by atoms with Gasteiger partial charge in [0, 0.05) is 24.2 Å². The van der Waals surface area contributed by atoms with E-state index in [2.05, 4.69) is 21.2 Å². The third-order valence-electron chi connectivity index (χ3n) is 2.50. The minimum Gasteiger partial charge on any atom is -0.382 e. The van der Waals surface area contributed by atoms with Crippen molar-refractivity contribution in [3.63, 3.8) is 0 Å². The van der Waals surface area contributed by atoms with Gasteiger partial charge < -0.3 is 10.1 Å². The lowest BCUT2D eigenvalue weighted by molar-refractivity contribution is -0.117. The van der Waals surface area contributed by atoms with Crippen LogP contribution in [0.3, 0.4) is 0 Å². The van der Waals surface area contributed by atoms with Gasteiger partial charge in [0.1, 0.15) is 11.6 Å². The molecule has 0 atom stereocenters. The molecule has 0 saturated carbocycles. The third kappa shape index (κ3) is 6.00. The van der Waals surface area contributed by atoms with E-state index in [0.29, 0.717) is 19.8 Å². The Labute approximate surface area is 127 Å². The average molecular weight is 337 g/mol. The Kier molecular flexibility index (Phi) is 7.63. The summed E-state index contributed by atoms with van der Waals surface area (Å²) in [5.41, 5.74) is 0.915. The molecule has 106 valence electrons. The lowest BCUT2D eigenvalue weighted by Crippen LogP contribution is -2.26. The van der Waals surface area contributed by atoms with Gasteiger partial charge in [-0.1, -0.05) is 28.1 Å². The first-order valence-corrected chi connectivity index (χ1v) is 7.20. The van der Waals surface area contributed by atoms with Gasteiger partial charge in [0.25, 0.3) is 5.91 Å². The molecular weight excluding hydrogens is 320 g/mol. The number of nitrogens with one attached hydrogen (secondary N) is 1. The zero-order chi connectivity index (χ0) is 14.8. The highest BCUT2D eigenvalue weighted by atomic mass is 79.9. The molecule has 4 nitrogen and oxygen atoms in total. The Morgan fingerprint density at radius 1 is 1.45 bits per heavy atom. The van der Waals surface area contributed by atoms with E-state index in [1.165, 1.54) is 0 Å². The van der Waals surface area contributed by atoms with Gasteiger partial charge in [-0.3, -0.25) is 4.79 Å². The first-order chi connectivity index (χ1) is 9.67. The molecule has 0 saturated heterocycles. The number of nitriles is 1. The zero-order valence-corrected chi connectivity index (χ0v) is 12.9. The fourth-order valence-electron chi connectivity index (χ4n) is 1.49. The molecule has 0 unspecified atom stereocenters. The van der Waals surface area contributed by atoms with E-state index in [-0.39, 0.29) is 11.5 Å². The van der Waals surface area contributed by atoms with Crippen molar-refractivity contribution in [3.05, 3.63) is 39.9 Å². The van der Waals surface area contributed by atoms with Crippen LogP contribution in [-0.2, 0) is 9.53 Å². The fraction of sp³-hybridized carbons (Fsp3) is 0.333. The molecule has 1 amide bonds. The largest absolute Gasteiger partial charge is 0.382 e. The molecule has 5 heteroatoms. The van der Waals surface area contributed by atoms with Gasteiger partial charge in [0.15, 0.2) is 0 Å². The van der Waals surface area contributed by atoms with Crippen molar-refractivity contribution in [3.8, 4) is 6.07 Å². The SMILES string of the molecule is CCOCCCNC(=O)/C(C#N)=C/c1ccc(Br)cc1. The number of amides is 1. The van der Waals surface area contributed by atoms with Crippen LogP contribution in [0.15, 0.2) is 34.3 Å². The van der Waals surface area contributed by atoms with E-state index in [0.717, 1.165) is 16.5 Å². The molecule has 0 spiro atoms. The van der Waals surface area contributed by atoms with E-state index >= 15 is 0 Å². The molecule has 1 aromatic carbocycles. The second-order valence-corrected chi connectivity index (χ2v) is 4.94. The second kappa shape index (κ2) is 9.29. The van der Waals surface area contributed by atoms with E-state index < -0.39 is 0 Å². The number of hydrogen-bond donors (Lipinski definition) is 1. The van der Waals surface area contributed by atoms with E-state index in [9.17, 15) is 4.79 Å². The maximum absolute atomic E-state index is 11.8. The third-order valence-corrected chi connectivity index (χ3v) is 3.03. The number of rotatable bonds is 7. The number of hydrogen-bond acceptors (Lipinski definition) is 3. The summed E-state index contributed by atoms with van der Waals surface area (Å²) in [5, 5.41) is 11.7. The quantitative estimate of drug-likeness (QED) is 0.473. The fourth-order valence-corrected chi connectivity index (χ4v) is 1.75. The van der Waals surface area contributed by atoms with Crippen molar-refractivity contribution in [2.45, 2.75) is 13.3 Å². The van der Waals surface area contributed by atoms with Crippen LogP contribution in [0.1, 0.15) is 18.9 Å². The van der Waals surface area contributed by atoms with Gasteiger partial charge in [0.05, 0.1) is 0 Å². The summed E-state index contributed by atoms with van der Waals surface area (Å²) in [6, 6.07) is 9.32. The lowest BCUT2D eigenvalue weighted by Gasteiger charge is -2.04. The Morgan fingerprint density at radius 3 is 2.75 bits per heavy atom. The van der Waals surface area contributed by atoms with Gasteiger partial charge in [-0.25, -0.2) is 0 Å². The highest BCUT2D eigenvalue weighted by molar-refractivity contribution is 9.10. The number of carbonyl (C=O) groups is 1. The van der Waals surface area contributed by atoms with Crippen molar-refractivity contribution in [2.75, 3.05) is 19.8 Å².